The molecule has 0 unspecified atom stereocenters. The molecule has 28 heavy (non-hydrogen) atoms. The molecule has 1 aromatic carbocycles. The summed E-state index contributed by atoms with van der Waals surface area (Å²) < 4.78 is 26.8. The first-order valence-electron chi connectivity index (χ1n) is 8.96. The lowest BCUT2D eigenvalue weighted by Gasteiger charge is -2.19. The van der Waals surface area contributed by atoms with Gasteiger partial charge in [0.05, 0.1) is 17.0 Å². The van der Waals surface area contributed by atoms with E-state index in [-0.39, 0.29) is 28.3 Å². The molecule has 0 atom stereocenters. The SMILES string of the molecule is CCNC(=O)CNC(=O)c1cc(=O)[nH]c2ccc(S(=O)(=O)N(CC)CC)cc12. The number of hydrogen-bond acceptors (Lipinski definition) is 5. The van der Waals surface area contributed by atoms with Gasteiger partial charge in [-0.1, -0.05) is 13.8 Å². The molecule has 10 heteroatoms. The van der Waals surface area contributed by atoms with Crippen LogP contribution in [0, 0.1) is 0 Å². The monoisotopic (exact) mass is 408 g/mol. The molecular weight excluding hydrogens is 384 g/mol. The summed E-state index contributed by atoms with van der Waals surface area (Å²) in [5.74, 6) is -1.01. The molecule has 2 rings (SSSR count). The fourth-order valence-corrected chi connectivity index (χ4v) is 4.29. The minimum absolute atomic E-state index is 0.000328. The van der Waals surface area contributed by atoms with Gasteiger partial charge in [0.25, 0.3) is 5.91 Å². The molecule has 9 nitrogen and oxygen atoms in total. The Balaban J connectivity index is 2.50. The van der Waals surface area contributed by atoms with Gasteiger partial charge in [-0.25, -0.2) is 8.42 Å². The van der Waals surface area contributed by atoms with E-state index >= 15 is 0 Å². The number of H-pyrrole nitrogens is 1. The topological polar surface area (TPSA) is 128 Å². The lowest BCUT2D eigenvalue weighted by molar-refractivity contribution is -0.120. The summed E-state index contributed by atoms with van der Waals surface area (Å²) in [7, 11) is -3.73. The normalized spacial score (nSPS) is 11.6. The number of amides is 2. The number of nitrogens with zero attached hydrogens (tertiary/aromatic N) is 1. The lowest BCUT2D eigenvalue weighted by atomic mass is 10.1. The number of aromatic nitrogens is 1. The van der Waals surface area contributed by atoms with Crippen molar-refractivity contribution < 1.29 is 18.0 Å². The van der Waals surface area contributed by atoms with Crippen LogP contribution in [-0.2, 0) is 14.8 Å². The number of aromatic amines is 1. The first kappa shape index (κ1) is 21.6. The van der Waals surface area contributed by atoms with Gasteiger partial charge in [-0.3, -0.25) is 14.4 Å². The predicted molar refractivity (Wildman–Crippen MR) is 106 cm³/mol. The number of fused-ring (bicyclic) bond motifs is 1. The molecule has 0 radical (unpaired) electrons. The van der Waals surface area contributed by atoms with Crippen molar-refractivity contribution in [3.8, 4) is 0 Å². The summed E-state index contributed by atoms with van der Waals surface area (Å²) in [6.07, 6.45) is 0. The van der Waals surface area contributed by atoms with Crippen molar-refractivity contribution in [2.75, 3.05) is 26.2 Å². The zero-order valence-corrected chi connectivity index (χ0v) is 16.9. The molecule has 0 bridgehead atoms. The van der Waals surface area contributed by atoms with E-state index in [9.17, 15) is 22.8 Å². The highest BCUT2D eigenvalue weighted by Gasteiger charge is 2.23. The van der Waals surface area contributed by atoms with Gasteiger partial charge in [-0.2, -0.15) is 4.31 Å². The maximum absolute atomic E-state index is 12.8. The second-order valence-electron chi connectivity index (χ2n) is 5.98. The molecule has 0 aliphatic carbocycles. The van der Waals surface area contributed by atoms with Crippen LogP contribution in [0.4, 0.5) is 0 Å². The van der Waals surface area contributed by atoms with Crippen LogP contribution < -0.4 is 16.2 Å². The minimum Gasteiger partial charge on any atom is -0.355 e. The molecular formula is C18H24N4O5S. The van der Waals surface area contributed by atoms with E-state index in [0.29, 0.717) is 25.2 Å². The van der Waals surface area contributed by atoms with Gasteiger partial charge >= 0.3 is 0 Å². The first-order chi connectivity index (χ1) is 13.2. The molecule has 0 fully saturated rings. The van der Waals surface area contributed by atoms with Crippen LogP contribution in [0.2, 0.25) is 0 Å². The summed E-state index contributed by atoms with van der Waals surface area (Å²) in [6, 6.07) is 5.29. The zero-order valence-electron chi connectivity index (χ0n) is 16.0. The standard InChI is InChI=1S/C18H24N4O5S/c1-4-19-17(24)11-20-18(25)14-10-16(23)21-15-8-7-12(9-13(14)15)28(26,27)22(5-2)6-3/h7-10H,4-6,11H2,1-3H3,(H,19,24)(H,20,25)(H,21,23). The second kappa shape index (κ2) is 8.98. The van der Waals surface area contributed by atoms with E-state index in [4.69, 9.17) is 0 Å². The smallest absolute Gasteiger partial charge is 0.252 e. The Labute approximate surface area is 163 Å². The number of rotatable bonds is 8. The summed E-state index contributed by atoms with van der Waals surface area (Å²) >= 11 is 0. The van der Waals surface area contributed by atoms with E-state index in [1.54, 1.807) is 20.8 Å². The number of hydrogen-bond donors (Lipinski definition) is 3. The first-order valence-corrected chi connectivity index (χ1v) is 10.4. The van der Waals surface area contributed by atoms with Crippen LogP contribution in [0.1, 0.15) is 31.1 Å². The quantitative estimate of drug-likeness (QED) is 0.583. The van der Waals surface area contributed by atoms with Gasteiger partial charge in [-0.15, -0.1) is 0 Å². The Morgan fingerprint density at radius 3 is 2.36 bits per heavy atom. The van der Waals surface area contributed by atoms with E-state index in [2.05, 4.69) is 15.6 Å². The third kappa shape index (κ3) is 4.57. The highest BCUT2D eigenvalue weighted by molar-refractivity contribution is 7.89. The predicted octanol–water partition coefficient (Wildman–Crippen LogP) is 0.425. The molecule has 152 valence electrons. The van der Waals surface area contributed by atoms with Gasteiger partial charge in [0.15, 0.2) is 0 Å². The van der Waals surface area contributed by atoms with Crippen molar-refractivity contribution >= 4 is 32.7 Å². The summed E-state index contributed by atoms with van der Waals surface area (Å²) in [6.45, 7) is 6.01. The number of sulfonamides is 1. The van der Waals surface area contributed by atoms with Crippen LogP contribution in [0.15, 0.2) is 34.0 Å². The number of carbonyl (C=O) groups excluding carboxylic acids is 2. The molecule has 0 saturated heterocycles. The molecule has 0 saturated carbocycles. The van der Waals surface area contributed by atoms with Crippen LogP contribution in [0.25, 0.3) is 10.9 Å². The van der Waals surface area contributed by atoms with Crippen LogP contribution in [-0.4, -0.2) is 55.7 Å². The Hall–Kier alpha value is -2.72. The number of carbonyl (C=O) groups is 2. The van der Waals surface area contributed by atoms with Crippen molar-refractivity contribution in [1.29, 1.82) is 0 Å². The fraction of sp³-hybridized carbons (Fsp3) is 0.389. The molecule has 0 spiro atoms. The van der Waals surface area contributed by atoms with Crippen molar-refractivity contribution in [1.82, 2.24) is 19.9 Å². The Bertz CT molecular complexity index is 1040. The number of benzene rings is 1. The minimum atomic E-state index is -3.73. The van der Waals surface area contributed by atoms with Gasteiger partial charge in [0.1, 0.15) is 0 Å². The third-order valence-corrected chi connectivity index (χ3v) is 6.23. The van der Waals surface area contributed by atoms with Crippen molar-refractivity contribution in [3.63, 3.8) is 0 Å². The van der Waals surface area contributed by atoms with Crippen LogP contribution >= 0.6 is 0 Å². The van der Waals surface area contributed by atoms with E-state index in [0.717, 1.165) is 6.07 Å². The number of nitrogens with one attached hydrogen (secondary N) is 3. The molecule has 0 aliphatic rings. The van der Waals surface area contributed by atoms with Gasteiger partial charge in [0.2, 0.25) is 21.5 Å². The summed E-state index contributed by atoms with van der Waals surface area (Å²) in [4.78, 5) is 38.6. The van der Waals surface area contributed by atoms with Gasteiger partial charge < -0.3 is 15.6 Å². The average Bonchev–Trinajstić information content (AvgIpc) is 2.66. The highest BCUT2D eigenvalue weighted by Crippen LogP contribution is 2.22. The Morgan fingerprint density at radius 2 is 1.75 bits per heavy atom. The maximum atomic E-state index is 12.8. The van der Waals surface area contributed by atoms with Crippen LogP contribution in [0.5, 0.6) is 0 Å². The Morgan fingerprint density at radius 1 is 1.07 bits per heavy atom. The molecule has 2 amide bonds. The van der Waals surface area contributed by atoms with Crippen LogP contribution in [0.3, 0.4) is 0 Å². The average molecular weight is 408 g/mol. The second-order valence-corrected chi connectivity index (χ2v) is 7.92. The molecule has 3 N–H and O–H groups in total. The lowest BCUT2D eigenvalue weighted by Crippen LogP contribution is -2.37. The van der Waals surface area contributed by atoms with Gasteiger partial charge in [-0.05, 0) is 25.1 Å². The van der Waals surface area contributed by atoms with Crippen molar-refractivity contribution in [3.05, 3.63) is 40.2 Å². The van der Waals surface area contributed by atoms with E-state index in [1.165, 1.54) is 22.5 Å². The summed E-state index contributed by atoms with van der Waals surface area (Å²) in [5, 5.41) is 5.27. The van der Waals surface area contributed by atoms with Crippen molar-refractivity contribution in [2.45, 2.75) is 25.7 Å². The Kier molecular flexibility index (Phi) is 6.92. The fourth-order valence-electron chi connectivity index (χ4n) is 2.81. The molecule has 0 aliphatic heterocycles. The molecule has 1 heterocycles. The molecule has 1 aromatic heterocycles. The number of pyridine rings is 1. The zero-order chi connectivity index (χ0) is 20.9. The van der Waals surface area contributed by atoms with Crippen molar-refractivity contribution in [2.24, 2.45) is 0 Å². The largest absolute Gasteiger partial charge is 0.355 e. The third-order valence-electron chi connectivity index (χ3n) is 4.19. The number of likely N-dealkylation sites (N-methyl/N-ethyl adjacent to an activating group) is 1. The van der Waals surface area contributed by atoms with Gasteiger partial charge in [0, 0.05) is 36.6 Å². The van der Waals surface area contributed by atoms with E-state index in [1.807, 2.05) is 0 Å². The van der Waals surface area contributed by atoms with E-state index < -0.39 is 21.5 Å². The molecule has 2 aromatic rings. The maximum Gasteiger partial charge on any atom is 0.252 e. The highest BCUT2D eigenvalue weighted by atomic mass is 32.2. The summed E-state index contributed by atoms with van der Waals surface area (Å²) in [5.41, 5.74) is -0.177.